The molecule has 0 saturated carbocycles. The van der Waals surface area contributed by atoms with E-state index in [9.17, 15) is 9.90 Å². The van der Waals surface area contributed by atoms with Crippen LogP contribution in [-0.4, -0.2) is 17.1 Å². The number of hydrogen-bond donors (Lipinski definition) is 3. The highest BCUT2D eigenvalue weighted by molar-refractivity contribution is 5.88. The number of amides is 1. The predicted molar refractivity (Wildman–Crippen MR) is 75.8 cm³/mol. The number of rotatable bonds is 5. The lowest BCUT2D eigenvalue weighted by Crippen LogP contribution is -2.25. The van der Waals surface area contributed by atoms with Gasteiger partial charge >= 0.3 is 0 Å². The molecule has 18 heavy (non-hydrogen) atoms. The Labute approximate surface area is 114 Å². The molecule has 0 saturated heterocycles. The summed E-state index contributed by atoms with van der Waals surface area (Å²) in [6, 6.07) is 6.86. The average molecular weight is 273 g/mol. The monoisotopic (exact) mass is 272 g/mol. The summed E-state index contributed by atoms with van der Waals surface area (Å²) in [6.07, 6.45) is 1.07. The van der Waals surface area contributed by atoms with Gasteiger partial charge in [-0.1, -0.05) is 25.5 Å². The molecule has 1 rings (SSSR count). The number of carbonyl (C=O) groups is 1. The van der Waals surface area contributed by atoms with E-state index in [1.165, 1.54) is 6.92 Å². The van der Waals surface area contributed by atoms with Crippen LogP contribution in [0.25, 0.3) is 0 Å². The first-order valence-corrected chi connectivity index (χ1v) is 5.85. The van der Waals surface area contributed by atoms with Crippen molar-refractivity contribution >= 4 is 24.0 Å². The molecular formula is C13H21ClN2O2. The van der Waals surface area contributed by atoms with Crippen LogP contribution in [0.3, 0.4) is 0 Å². The lowest BCUT2D eigenvalue weighted by Gasteiger charge is -2.18. The SMILES string of the molecule is CCC[C@H](O)[C@H](N)c1ccc(NC(C)=O)cc1.Cl. The van der Waals surface area contributed by atoms with Gasteiger partial charge in [0.2, 0.25) is 5.91 Å². The first kappa shape index (κ1) is 16.9. The predicted octanol–water partition coefficient (Wildman–Crippen LogP) is 2.23. The van der Waals surface area contributed by atoms with Gasteiger partial charge in [-0.3, -0.25) is 4.79 Å². The Morgan fingerprint density at radius 2 is 1.94 bits per heavy atom. The first-order valence-electron chi connectivity index (χ1n) is 5.85. The summed E-state index contributed by atoms with van der Waals surface area (Å²) in [7, 11) is 0. The average Bonchev–Trinajstić information content (AvgIpc) is 2.28. The maximum absolute atomic E-state index is 10.8. The van der Waals surface area contributed by atoms with Crippen molar-refractivity contribution < 1.29 is 9.90 Å². The van der Waals surface area contributed by atoms with Crippen LogP contribution >= 0.6 is 12.4 Å². The van der Waals surface area contributed by atoms with Crippen molar-refractivity contribution in [1.29, 1.82) is 0 Å². The summed E-state index contributed by atoms with van der Waals surface area (Å²) in [6.45, 7) is 3.47. The molecule has 0 aromatic heterocycles. The Morgan fingerprint density at radius 1 is 1.39 bits per heavy atom. The van der Waals surface area contributed by atoms with Crippen LogP contribution in [0, 0.1) is 0 Å². The lowest BCUT2D eigenvalue weighted by molar-refractivity contribution is -0.114. The van der Waals surface area contributed by atoms with Crippen LogP contribution in [0.15, 0.2) is 24.3 Å². The molecule has 0 fully saturated rings. The molecule has 102 valence electrons. The van der Waals surface area contributed by atoms with Gasteiger partial charge in [-0.2, -0.15) is 0 Å². The second-order valence-corrected chi connectivity index (χ2v) is 4.19. The summed E-state index contributed by atoms with van der Waals surface area (Å²) in [5, 5.41) is 12.5. The molecule has 0 heterocycles. The Kier molecular flexibility index (Phi) is 7.59. The molecule has 0 spiro atoms. The number of aliphatic hydroxyl groups excluding tert-OH is 1. The number of nitrogens with one attached hydrogen (secondary N) is 1. The fraction of sp³-hybridized carbons (Fsp3) is 0.462. The summed E-state index contributed by atoms with van der Waals surface area (Å²) >= 11 is 0. The van der Waals surface area contributed by atoms with Gasteiger partial charge in [0.1, 0.15) is 0 Å². The van der Waals surface area contributed by atoms with E-state index in [0.29, 0.717) is 6.42 Å². The molecule has 0 bridgehead atoms. The number of nitrogens with two attached hydrogens (primary N) is 1. The molecule has 0 aliphatic heterocycles. The molecule has 1 amide bonds. The molecule has 0 radical (unpaired) electrons. The van der Waals surface area contributed by atoms with Crippen molar-refractivity contribution in [2.75, 3.05) is 5.32 Å². The Morgan fingerprint density at radius 3 is 2.39 bits per heavy atom. The van der Waals surface area contributed by atoms with Crippen LogP contribution in [-0.2, 0) is 4.79 Å². The number of anilines is 1. The molecule has 1 aromatic carbocycles. The van der Waals surface area contributed by atoms with Crippen molar-refractivity contribution in [2.45, 2.75) is 38.8 Å². The maximum atomic E-state index is 10.8. The third kappa shape index (κ3) is 5.04. The molecular weight excluding hydrogens is 252 g/mol. The van der Waals surface area contributed by atoms with E-state index in [-0.39, 0.29) is 24.4 Å². The summed E-state index contributed by atoms with van der Waals surface area (Å²) < 4.78 is 0. The molecule has 0 aliphatic carbocycles. The van der Waals surface area contributed by atoms with Gasteiger partial charge in [-0.25, -0.2) is 0 Å². The zero-order chi connectivity index (χ0) is 12.8. The number of carbonyl (C=O) groups excluding carboxylic acids is 1. The number of halogens is 1. The minimum atomic E-state index is -0.522. The van der Waals surface area contributed by atoms with Gasteiger partial charge < -0.3 is 16.2 Å². The van der Waals surface area contributed by atoms with Crippen molar-refractivity contribution in [2.24, 2.45) is 5.73 Å². The van der Waals surface area contributed by atoms with Crippen LogP contribution in [0.1, 0.15) is 38.3 Å². The van der Waals surface area contributed by atoms with Crippen molar-refractivity contribution in [1.82, 2.24) is 0 Å². The first-order chi connectivity index (χ1) is 8.04. The van der Waals surface area contributed by atoms with Gasteiger partial charge in [0.25, 0.3) is 0 Å². The molecule has 4 N–H and O–H groups in total. The Balaban J connectivity index is 0.00000289. The highest BCUT2D eigenvalue weighted by atomic mass is 35.5. The quantitative estimate of drug-likeness (QED) is 0.769. The van der Waals surface area contributed by atoms with E-state index in [1.807, 2.05) is 19.1 Å². The van der Waals surface area contributed by atoms with Gasteiger partial charge in [0.15, 0.2) is 0 Å². The minimum absolute atomic E-state index is 0. The summed E-state index contributed by atoms with van der Waals surface area (Å²) in [5.41, 5.74) is 7.55. The topological polar surface area (TPSA) is 75.3 Å². The zero-order valence-corrected chi connectivity index (χ0v) is 11.5. The second kappa shape index (κ2) is 8.08. The number of benzene rings is 1. The van der Waals surface area contributed by atoms with E-state index < -0.39 is 6.10 Å². The smallest absolute Gasteiger partial charge is 0.221 e. The second-order valence-electron chi connectivity index (χ2n) is 4.19. The van der Waals surface area contributed by atoms with Gasteiger partial charge in [-0.15, -0.1) is 12.4 Å². The zero-order valence-electron chi connectivity index (χ0n) is 10.7. The largest absolute Gasteiger partial charge is 0.391 e. The Bertz CT molecular complexity index is 368. The van der Waals surface area contributed by atoms with E-state index in [0.717, 1.165) is 17.7 Å². The molecule has 4 nitrogen and oxygen atoms in total. The van der Waals surface area contributed by atoms with Crippen LogP contribution in [0.4, 0.5) is 5.69 Å². The lowest BCUT2D eigenvalue weighted by atomic mass is 9.99. The normalized spacial score (nSPS) is 13.3. The highest BCUT2D eigenvalue weighted by Crippen LogP contribution is 2.19. The molecule has 5 heteroatoms. The fourth-order valence-electron chi connectivity index (χ4n) is 1.69. The summed E-state index contributed by atoms with van der Waals surface area (Å²) in [5.74, 6) is -0.104. The Hall–Kier alpha value is -1.10. The van der Waals surface area contributed by atoms with Gasteiger partial charge in [0, 0.05) is 12.6 Å². The molecule has 0 unspecified atom stereocenters. The van der Waals surface area contributed by atoms with Crippen LogP contribution in [0.2, 0.25) is 0 Å². The van der Waals surface area contributed by atoms with E-state index in [1.54, 1.807) is 12.1 Å². The molecule has 0 aliphatic rings. The minimum Gasteiger partial charge on any atom is -0.391 e. The third-order valence-electron chi connectivity index (χ3n) is 2.61. The van der Waals surface area contributed by atoms with Crippen molar-refractivity contribution in [3.8, 4) is 0 Å². The number of aliphatic hydroxyl groups is 1. The van der Waals surface area contributed by atoms with Crippen LogP contribution < -0.4 is 11.1 Å². The van der Waals surface area contributed by atoms with E-state index in [4.69, 9.17) is 5.73 Å². The van der Waals surface area contributed by atoms with E-state index >= 15 is 0 Å². The highest BCUT2D eigenvalue weighted by Gasteiger charge is 2.15. The molecule has 2 atom stereocenters. The van der Waals surface area contributed by atoms with Gasteiger partial charge in [-0.05, 0) is 24.1 Å². The van der Waals surface area contributed by atoms with Gasteiger partial charge in [0.05, 0.1) is 12.1 Å². The molecule has 1 aromatic rings. The van der Waals surface area contributed by atoms with E-state index in [2.05, 4.69) is 5.32 Å². The summed E-state index contributed by atoms with van der Waals surface area (Å²) in [4.78, 5) is 10.8. The van der Waals surface area contributed by atoms with Crippen LogP contribution in [0.5, 0.6) is 0 Å². The maximum Gasteiger partial charge on any atom is 0.221 e. The van der Waals surface area contributed by atoms with Crippen molar-refractivity contribution in [3.05, 3.63) is 29.8 Å². The fourth-order valence-corrected chi connectivity index (χ4v) is 1.69. The third-order valence-corrected chi connectivity index (χ3v) is 2.61. The van der Waals surface area contributed by atoms with Crippen molar-refractivity contribution in [3.63, 3.8) is 0 Å². The standard InChI is InChI=1S/C13H20N2O2.ClH/c1-3-4-12(17)13(14)10-5-7-11(8-6-10)15-9(2)16;/h5-8,12-13,17H,3-4,14H2,1-2H3,(H,15,16);1H/t12-,13+;/m0./s1. The number of hydrogen-bond acceptors (Lipinski definition) is 3.